The van der Waals surface area contributed by atoms with Crippen LogP contribution in [0.5, 0.6) is 0 Å². The van der Waals surface area contributed by atoms with Crippen molar-refractivity contribution in [3.63, 3.8) is 0 Å². The summed E-state index contributed by atoms with van der Waals surface area (Å²) in [7, 11) is 0. The molecule has 220 valence electrons. The molecule has 0 radical (unpaired) electrons. The SMILES string of the molecule is CCCCCCCCCCOCCCOC1OC(CO)[C@@H](OC2OC(CO)[C@@H](O)C(O)C2O)C(O)C1O. The molecular weight excluding hydrogens is 492 g/mol. The second-order valence-corrected chi connectivity index (χ2v) is 9.82. The van der Waals surface area contributed by atoms with Crippen LogP contribution in [0.2, 0.25) is 0 Å². The Morgan fingerprint density at radius 1 is 0.568 bits per heavy atom. The van der Waals surface area contributed by atoms with Crippen LogP contribution in [0, 0.1) is 0 Å². The van der Waals surface area contributed by atoms with E-state index in [4.69, 9.17) is 23.7 Å². The summed E-state index contributed by atoms with van der Waals surface area (Å²) >= 11 is 0. The summed E-state index contributed by atoms with van der Waals surface area (Å²) in [4.78, 5) is 0. The quantitative estimate of drug-likeness (QED) is 0.107. The molecule has 0 bridgehead atoms. The summed E-state index contributed by atoms with van der Waals surface area (Å²) in [5, 5.41) is 70.2. The van der Waals surface area contributed by atoms with Gasteiger partial charge in [-0.3, -0.25) is 0 Å². The van der Waals surface area contributed by atoms with Crippen molar-refractivity contribution in [1.82, 2.24) is 0 Å². The largest absolute Gasteiger partial charge is 0.394 e. The van der Waals surface area contributed by atoms with Crippen molar-refractivity contribution in [3.05, 3.63) is 0 Å². The third-order valence-electron chi connectivity index (χ3n) is 6.82. The molecule has 10 atom stereocenters. The molecule has 0 aromatic heterocycles. The highest BCUT2D eigenvalue weighted by atomic mass is 16.7. The lowest BCUT2D eigenvalue weighted by Crippen LogP contribution is -2.64. The van der Waals surface area contributed by atoms with E-state index in [1.54, 1.807) is 0 Å². The van der Waals surface area contributed by atoms with Crippen LogP contribution in [0.1, 0.15) is 64.7 Å². The maximum atomic E-state index is 10.6. The van der Waals surface area contributed by atoms with E-state index in [2.05, 4.69) is 6.92 Å². The Labute approximate surface area is 219 Å². The standard InChI is InChI=1S/C25H48O12/c1-2-3-4-5-6-7-8-9-11-33-12-10-13-34-24-22(32)20(30)23(17(15-27)36-24)37-25-21(31)19(29)18(28)16(14-26)35-25/h16-32H,2-15H2,1H3/t16?,17?,18-,19?,20?,21?,22?,23-,24?,25?/m1/s1. The van der Waals surface area contributed by atoms with Gasteiger partial charge in [-0.1, -0.05) is 51.9 Å². The molecule has 2 aliphatic heterocycles. The second-order valence-electron chi connectivity index (χ2n) is 9.82. The first kappa shape index (κ1) is 32.7. The lowest BCUT2D eigenvalue weighted by Gasteiger charge is -2.45. The van der Waals surface area contributed by atoms with E-state index >= 15 is 0 Å². The molecule has 7 N–H and O–H groups in total. The third-order valence-corrected chi connectivity index (χ3v) is 6.82. The molecule has 0 aliphatic carbocycles. The molecule has 2 aliphatic rings. The Balaban J connectivity index is 1.68. The van der Waals surface area contributed by atoms with Crippen molar-refractivity contribution in [2.45, 2.75) is 126 Å². The average molecular weight is 541 g/mol. The summed E-state index contributed by atoms with van der Waals surface area (Å²) in [5.74, 6) is 0. The van der Waals surface area contributed by atoms with Crippen LogP contribution < -0.4 is 0 Å². The summed E-state index contributed by atoms with van der Waals surface area (Å²) in [6.45, 7) is 2.31. The van der Waals surface area contributed by atoms with Crippen LogP contribution in [-0.2, 0) is 23.7 Å². The Bertz CT molecular complexity index is 580. The molecule has 0 saturated carbocycles. The minimum atomic E-state index is -1.71. The zero-order valence-electron chi connectivity index (χ0n) is 21.8. The van der Waals surface area contributed by atoms with Gasteiger partial charge in [0.05, 0.1) is 19.8 Å². The van der Waals surface area contributed by atoms with Gasteiger partial charge in [-0.25, -0.2) is 0 Å². The van der Waals surface area contributed by atoms with Gasteiger partial charge in [-0.15, -0.1) is 0 Å². The maximum absolute atomic E-state index is 10.6. The van der Waals surface area contributed by atoms with Gasteiger partial charge in [0.15, 0.2) is 12.6 Å². The van der Waals surface area contributed by atoms with Crippen LogP contribution in [0.4, 0.5) is 0 Å². The van der Waals surface area contributed by atoms with Gasteiger partial charge in [0, 0.05) is 13.2 Å². The van der Waals surface area contributed by atoms with E-state index in [1.165, 1.54) is 38.5 Å². The zero-order valence-corrected chi connectivity index (χ0v) is 21.8. The lowest BCUT2D eigenvalue weighted by molar-refractivity contribution is -0.359. The molecular formula is C25H48O12. The summed E-state index contributed by atoms with van der Waals surface area (Å²) in [6, 6.07) is 0. The normalized spacial score (nSPS) is 36.6. The molecule has 2 heterocycles. The molecule has 0 aromatic rings. The first-order chi connectivity index (χ1) is 17.8. The van der Waals surface area contributed by atoms with E-state index in [9.17, 15) is 35.7 Å². The first-order valence-corrected chi connectivity index (χ1v) is 13.6. The van der Waals surface area contributed by atoms with Gasteiger partial charge in [-0.05, 0) is 12.8 Å². The minimum absolute atomic E-state index is 0.197. The second kappa shape index (κ2) is 18.0. The van der Waals surface area contributed by atoms with Crippen LogP contribution in [0.15, 0.2) is 0 Å². The molecule has 12 heteroatoms. The highest BCUT2D eigenvalue weighted by molar-refractivity contribution is 4.94. The molecule has 0 amide bonds. The fourth-order valence-electron chi connectivity index (χ4n) is 4.49. The number of hydrogen-bond acceptors (Lipinski definition) is 12. The van der Waals surface area contributed by atoms with E-state index in [-0.39, 0.29) is 6.61 Å². The van der Waals surface area contributed by atoms with Crippen LogP contribution in [0.3, 0.4) is 0 Å². The minimum Gasteiger partial charge on any atom is -0.394 e. The molecule has 2 fully saturated rings. The van der Waals surface area contributed by atoms with Crippen LogP contribution in [-0.4, -0.2) is 130 Å². The number of aliphatic hydroxyl groups is 7. The number of rotatable bonds is 18. The van der Waals surface area contributed by atoms with Gasteiger partial charge < -0.3 is 59.4 Å². The van der Waals surface area contributed by atoms with Crippen molar-refractivity contribution >= 4 is 0 Å². The van der Waals surface area contributed by atoms with Crippen molar-refractivity contribution in [1.29, 1.82) is 0 Å². The Hall–Kier alpha value is -0.480. The van der Waals surface area contributed by atoms with Gasteiger partial charge in [0.25, 0.3) is 0 Å². The van der Waals surface area contributed by atoms with Crippen molar-refractivity contribution in [2.75, 3.05) is 33.0 Å². The Kier molecular flexibility index (Phi) is 15.9. The van der Waals surface area contributed by atoms with E-state index in [0.717, 1.165) is 12.8 Å². The molecule has 2 saturated heterocycles. The maximum Gasteiger partial charge on any atom is 0.187 e. The number of ether oxygens (including phenoxy) is 5. The van der Waals surface area contributed by atoms with Gasteiger partial charge >= 0.3 is 0 Å². The van der Waals surface area contributed by atoms with E-state index in [0.29, 0.717) is 19.6 Å². The molecule has 0 aromatic carbocycles. The summed E-state index contributed by atoms with van der Waals surface area (Å²) < 4.78 is 27.5. The van der Waals surface area contributed by atoms with Crippen LogP contribution >= 0.6 is 0 Å². The fraction of sp³-hybridized carbons (Fsp3) is 1.00. The summed E-state index contributed by atoms with van der Waals surface area (Å²) in [5.41, 5.74) is 0. The molecule has 0 spiro atoms. The predicted octanol–water partition coefficient (Wildman–Crippen LogP) is -0.825. The molecule has 2 rings (SSSR count). The van der Waals surface area contributed by atoms with Crippen molar-refractivity contribution in [2.24, 2.45) is 0 Å². The lowest BCUT2D eigenvalue weighted by atomic mass is 9.97. The predicted molar refractivity (Wildman–Crippen MR) is 130 cm³/mol. The van der Waals surface area contributed by atoms with Crippen molar-refractivity contribution < 1.29 is 59.4 Å². The van der Waals surface area contributed by atoms with Crippen molar-refractivity contribution in [3.8, 4) is 0 Å². The van der Waals surface area contributed by atoms with E-state index < -0.39 is 74.6 Å². The van der Waals surface area contributed by atoms with E-state index in [1.807, 2.05) is 0 Å². The monoisotopic (exact) mass is 540 g/mol. The highest BCUT2D eigenvalue weighted by Gasteiger charge is 2.50. The summed E-state index contributed by atoms with van der Waals surface area (Å²) in [6.07, 6.45) is -4.18. The topological polar surface area (TPSA) is 188 Å². The molecule has 12 nitrogen and oxygen atoms in total. The number of hydrogen-bond donors (Lipinski definition) is 7. The average Bonchev–Trinajstić information content (AvgIpc) is 2.90. The fourth-order valence-corrected chi connectivity index (χ4v) is 4.49. The molecule has 8 unspecified atom stereocenters. The Morgan fingerprint density at radius 2 is 1.14 bits per heavy atom. The highest BCUT2D eigenvalue weighted by Crippen LogP contribution is 2.29. The molecule has 37 heavy (non-hydrogen) atoms. The van der Waals surface area contributed by atoms with Crippen LogP contribution in [0.25, 0.3) is 0 Å². The number of unbranched alkanes of at least 4 members (excludes halogenated alkanes) is 7. The Morgan fingerprint density at radius 3 is 1.78 bits per heavy atom. The first-order valence-electron chi connectivity index (χ1n) is 13.6. The number of aliphatic hydroxyl groups excluding tert-OH is 7. The third kappa shape index (κ3) is 10.2. The van der Waals surface area contributed by atoms with Gasteiger partial charge in [0.2, 0.25) is 0 Å². The zero-order chi connectivity index (χ0) is 27.2. The smallest absolute Gasteiger partial charge is 0.187 e. The van der Waals surface area contributed by atoms with Gasteiger partial charge in [-0.2, -0.15) is 0 Å². The van der Waals surface area contributed by atoms with Gasteiger partial charge in [0.1, 0.15) is 48.8 Å².